The average molecular weight is 390 g/mol. The minimum absolute atomic E-state index is 0.0162. The summed E-state index contributed by atoms with van der Waals surface area (Å²) in [7, 11) is 0. The van der Waals surface area contributed by atoms with Crippen LogP contribution >= 0.6 is 0 Å². The van der Waals surface area contributed by atoms with E-state index in [1.54, 1.807) is 11.0 Å². The molecule has 3 aromatic rings. The Bertz CT molecular complexity index is 940. The Labute approximate surface area is 171 Å². The molecule has 0 bridgehead atoms. The maximum absolute atomic E-state index is 6.63. The highest BCUT2D eigenvalue weighted by Gasteiger charge is 2.36. The summed E-state index contributed by atoms with van der Waals surface area (Å²) in [5.41, 5.74) is 9.97. The van der Waals surface area contributed by atoms with Gasteiger partial charge in [0.25, 0.3) is 0 Å². The lowest BCUT2D eigenvalue weighted by Gasteiger charge is -2.43. The first-order chi connectivity index (χ1) is 14.3. The maximum atomic E-state index is 6.63. The van der Waals surface area contributed by atoms with Gasteiger partial charge >= 0.3 is 0 Å². The number of hydrogen-bond acceptors (Lipinski definition) is 5. The third-order valence-corrected chi connectivity index (χ3v) is 6.16. The van der Waals surface area contributed by atoms with Gasteiger partial charge in [0.15, 0.2) is 0 Å². The number of aryl methyl sites for hydroxylation is 1. The van der Waals surface area contributed by atoms with Crippen LogP contribution in [0.5, 0.6) is 5.75 Å². The molecule has 0 spiro atoms. The van der Waals surface area contributed by atoms with Crippen LogP contribution in [-0.4, -0.2) is 44.8 Å². The number of aromatic nitrogens is 3. The summed E-state index contributed by atoms with van der Waals surface area (Å²) in [6.07, 6.45) is 7.74. The first-order valence-corrected chi connectivity index (χ1v) is 10.5. The predicted octanol–water partition coefficient (Wildman–Crippen LogP) is 3.13. The number of likely N-dealkylation sites (tertiary alicyclic amines) is 1. The van der Waals surface area contributed by atoms with Gasteiger partial charge < -0.3 is 10.5 Å². The average Bonchev–Trinajstić information content (AvgIpc) is 3.29. The van der Waals surface area contributed by atoms with E-state index in [2.05, 4.69) is 39.2 Å². The van der Waals surface area contributed by atoms with Crippen LogP contribution in [0.3, 0.4) is 0 Å². The molecule has 1 aromatic heterocycles. The number of benzene rings is 2. The molecule has 29 heavy (non-hydrogen) atoms. The van der Waals surface area contributed by atoms with Crippen LogP contribution in [0.15, 0.2) is 61.2 Å². The lowest BCUT2D eigenvalue weighted by Crippen LogP contribution is -2.51. The fourth-order valence-electron chi connectivity index (χ4n) is 4.72. The van der Waals surface area contributed by atoms with Crippen molar-refractivity contribution in [3.05, 3.63) is 72.3 Å². The zero-order chi connectivity index (χ0) is 19.6. The number of piperidine rings is 1. The fourth-order valence-corrected chi connectivity index (χ4v) is 4.72. The van der Waals surface area contributed by atoms with Crippen LogP contribution in [0.1, 0.15) is 36.5 Å². The van der Waals surface area contributed by atoms with E-state index in [4.69, 9.17) is 10.5 Å². The van der Waals surface area contributed by atoms with Gasteiger partial charge in [-0.1, -0.05) is 24.3 Å². The van der Waals surface area contributed by atoms with Crippen molar-refractivity contribution < 1.29 is 4.74 Å². The molecule has 150 valence electrons. The van der Waals surface area contributed by atoms with Crippen molar-refractivity contribution in [3.8, 4) is 11.4 Å². The van der Waals surface area contributed by atoms with Crippen molar-refractivity contribution in [3.63, 3.8) is 0 Å². The highest BCUT2D eigenvalue weighted by atomic mass is 16.5. The zero-order valence-corrected chi connectivity index (χ0v) is 16.5. The molecule has 1 saturated heterocycles. The normalized spacial score (nSPS) is 24.8. The molecule has 5 rings (SSSR count). The van der Waals surface area contributed by atoms with E-state index in [0.717, 1.165) is 43.8 Å². The fraction of sp³-hybridized carbons (Fsp3) is 0.391. The summed E-state index contributed by atoms with van der Waals surface area (Å²) < 4.78 is 8.38. The second kappa shape index (κ2) is 7.97. The van der Waals surface area contributed by atoms with Crippen LogP contribution in [0, 0.1) is 0 Å². The molecule has 2 heterocycles. The number of ether oxygens (including phenoxy) is 1. The van der Waals surface area contributed by atoms with Gasteiger partial charge in [0.05, 0.1) is 11.7 Å². The Balaban J connectivity index is 1.42. The first-order valence-electron chi connectivity index (χ1n) is 10.5. The third-order valence-electron chi connectivity index (χ3n) is 6.16. The van der Waals surface area contributed by atoms with Crippen molar-refractivity contribution in [2.45, 2.75) is 43.9 Å². The van der Waals surface area contributed by atoms with E-state index >= 15 is 0 Å². The van der Waals surface area contributed by atoms with E-state index < -0.39 is 0 Å². The van der Waals surface area contributed by atoms with Gasteiger partial charge in [0, 0.05) is 12.6 Å². The SMILES string of the molecule is N[C@H]1CCCN(C2CCc3ccccc3C2Oc2ccc(-n3cncn3)cc2)C1. The van der Waals surface area contributed by atoms with Crippen molar-refractivity contribution in [1.29, 1.82) is 0 Å². The third kappa shape index (κ3) is 3.78. The van der Waals surface area contributed by atoms with Gasteiger partial charge in [-0.2, -0.15) is 5.10 Å². The standard InChI is InChI=1S/C23H27N5O/c24-18-5-3-13-27(14-18)22-12-7-17-4-1-2-6-21(17)23(22)29-20-10-8-19(9-11-20)28-16-25-15-26-28/h1-2,4,6,8-11,15-16,18,22-23H,3,5,7,12-14,24H2/t18-,22?,23?/m0/s1. The van der Waals surface area contributed by atoms with Crippen molar-refractivity contribution in [1.82, 2.24) is 19.7 Å². The zero-order valence-electron chi connectivity index (χ0n) is 16.5. The summed E-state index contributed by atoms with van der Waals surface area (Å²) in [6.45, 7) is 2.06. The molecule has 6 heteroatoms. The predicted molar refractivity (Wildman–Crippen MR) is 112 cm³/mol. The molecular formula is C23H27N5O. The minimum atomic E-state index is 0.0162. The van der Waals surface area contributed by atoms with E-state index in [-0.39, 0.29) is 12.1 Å². The molecule has 0 saturated carbocycles. The molecule has 2 aliphatic rings. The van der Waals surface area contributed by atoms with Crippen molar-refractivity contribution >= 4 is 0 Å². The van der Waals surface area contributed by atoms with E-state index in [9.17, 15) is 0 Å². The molecule has 1 aliphatic heterocycles. The highest BCUT2D eigenvalue weighted by molar-refractivity contribution is 5.38. The number of nitrogens with two attached hydrogens (primary N) is 1. The van der Waals surface area contributed by atoms with Crippen LogP contribution < -0.4 is 10.5 Å². The minimum Gasteiger partial charge on any atom is -0.484 e. The topological polar surface area (TPSA) is 69.2 Å². The van der Waals surface area contributed by atoms with E-state index in [1.165, 1.54) is 23.9 Å². The molecule has 0 radical (unpaired) electrons. The molecule has 1 fully saturated rings. The summed E-state index contributed by atoms with van der Waals surface area (Å²) in [5.74, 6) is 0.877. The van der Waals surface area contributed by atoms with Crippen molar-refractivity contribution in [2.24, 2.45) is 5.73 Å². The Kier molecular flexibility index (Phi) is 5.04. The summed E-state index contributed by atoms with van der Waals surface area (Å²) >= 11 is 0. The Morgan fingerprint density at radius 1 is 1.03 bits per heavy atom. The number of rotatable bonds is 4. The van der Waals surface area contributed by atoms with E-state index in [0.29, 0.717) is 6.04 Å². The lowest BCUT2D eigenvalue weighted by molar-refractivity contribution is 0.0367. The van der Waals surface area contributed by atoms with Gasteiger partial charge in [-0.25, -0.2) is 9.67 Å². The van der Waals surface area contributed by atoms with Gasteiger partial charge in [-0.3, -0.25) is 4.90 Å². The van der Waals surface area contributed by atoms with Crippen LogP contribution in [0.2, 0.25) is 0 Å². The lowest BCUT2D eigenvalue weighted by atomic mass is 9.84. The first kappa shape index (κ1) is 18.3. The molecular weight excluding hydrogens is 362 g/mol. The monoisotopic (exact) mass is 389 g/mol. The van der Waals surface area contributed by atoms with Gasteiger partial charge in [-0.05, 0) is 67.6 Å². The number of nitrogens with zero attached hydrogens (tertiary/aromatic N) is 4. The summed E-state index contributed by atoms with van der Waals surface area (Å²) in [5, 5.41) is 4.19. The van der Waals surface area contributed by atoms with Crippen molar-refractivity contribution in [2.75, 3.05) is 13.1 Å². The molecule has 0 amide bonds. The largest absolute Gasteiger partial charge is 0.484 e. The van der Waals surface area contributed by atoms with E-state index in [1.807, 2.05) is 24.3 Å². The summed E-state index contributed by atoms with van der Waals surface area (Å²) in [4.78, 5) is 6.57. The Morgan fingerprint density at radius 3 is 2.69 bits per heavy atom. The smallest absolute Gasteiger partial charge is 0.139 e. The second-order valence-corrected chi connectivity index (χ2v) is 8.07. The maximum Gasteiger partial charge on any atom is 0.139 e. The van der Waals surface area contributed by atoms with Crippen LogP contribution in [0.4, 0.5) is 0 Å². The van der Waals surface area contributed by atoms with Gasteiger partial charge in [0.1, 0.15) is 24.5 Å². The van der Waals surface area contributed by atoms with Gasteiger partial charge in [-0.15, -0.1) is 0 Å². The molecule has 3 atom stereocenters. The quantitative estimate of drug-likeness (QED) is 0.742. The molecule has 2 aromatic carbocycles. The number of hydrogen-bond donors (Lipinski definition) is 1. The highest BCUT2D eigenvalue weighted by Crippen LogP contribution is 2.37. The molecule has 2 unspecified atom stereocenters. The Morgan fingerprint density at radius 2 is 1.90 bits per heavy atom. The van der Waals surface area contributed by atoms with Gasteiger partial charge in [0.2, 0.25) is 0 Å². The molecule has 1 aliphatic carbocycles. The summed E-state index contributed by atoms with van der Waals surface area (Å²) in [6, 6.07) is 17.4. The number of fused-ring (bicyclic) bond motifs is 1. The molecule has 2 N–H and O–H groups in total. The Hall–Kier alpha value is -2.70. The molecule has 6 nitrogen and oxygen atoms in total. The second-order valence-electron chi connectivity index (χ2n) is 8.07. The van der Waals surface area contributed by atoms with Crippen LogP contribution in [-0.2, 0) is 6.42 Å². The van der Waals surface area contributed by atoms with Crippen LogP contribution in [0.25, 0.3) is 5.69 Å².